The molecule has 6 heteroatoms. The van der Waals surface area contributed by atoms with Gasteiger partial charge in [-0.15, -0.1) is 0 Å². The van der Waals surface area contributed by atoms with Gasteiger partial charge in [0.2, 0.25) is 0 Å². The van der Waals surface area contributed by atoms with E-state index in [1.54, 1.807) is 24.3 Å². The molecule has 1 saturated heterocycles. The fraction of sp³-hybridized carbons (Fsp3) is 0.185. The molecule has 4 aromatic rings. The summed E-state index contributed by atoms with van der Waals surface area (Å²) in [5, 5.41) is 3.79. The van der Waals surface area contributed by atoms with Crippen molar-refractivity contribution in [3.05, 3.63) is 96.1 Å². The summed E-state index contributed by atoms with van der Waals surface area (Å²) in [4.78, 5) is 25.2. The molecule has 0 amide bonds. The average molecular weight is 444 g/mol. The molecule has 4 aromatic carbocycles. The summed E-state index contributed by atoms with van der Waals surface area (Å²) < 4.78 is 30.7. The number of ether oxygens (including phenoxy) is 3. The molecule has 3 atom stereocenters. The Morgan fingerprint density at radius 3 is 1.94 bits per heavy atom. The van der Waals surface area contributed by atoms with Crippen molar-refractivity contribution in [1.29, 1.82) is 0 Å². The van der Waals surface area contributed by atoms with Crippen molar-refractivity contribution in [3.63, 3.8) is 0 Å². The first-order valence-corrected chi connectivity index (χ1v) is 10.7. The first kappa shape index (κ1) is 21.1. The molecule has 5 rings (SSSR count). The van der Waals surface area contributed by atoms with E-state index < -0.39 is 30.3 Å². The van der Waals surface area contributed by atoms with E-state index in [0.29, 0.717) is 11.1 Å². The Morgan fingerprint density at radius 2 is 1.33 bits per heavy atom. The zero-order valence-electron chi connectivity index (χ0n) is 17.6. The van der Waals surface area contributed by atoms with Crippen molar-refractivity contribution in [2.24, 2.45) is 0 Å². The summed E-state index contributed by atoms with van der Waals surface area (Å²) in [7, 11) is 0. The lowest BCUT2D eigenvalue weighted by Gasteiger charge is -2.20. The molecule has 0 spiro atoms. The van der Waals surface area contributed by atoms with E-state index in [2.05, 4.69) is 0 Å². The van der Waals surface area contributed by atoms with E-state index in [9.17, 15) is 14.0 Å². The maximum atomic E-state index is 14.4. The van der Waals surface area contributed by atoms with Crippen LogP contribution in [-0.2, 0) is 14.2 Å². The van der Waals surface area contributed by atoms with Gasteiger partial charge in [-0.3, -0.25) is 0 Å². The van der Waals surface area contributed by atoms with E-state index in [1.165, 1.54) is 0 Å². The van der Waals surface area contributed by atoms with E-state index in [1.807, 2.05) is 60.7 Å². The van der Waals surface area contributed by atoms with Gasteiger partial charge in [-0.25, -0.2) is 14.0 Å². The van der Waals surface area contributed by atoms with Gasteiger partial charge in [0.05, 0.1) is 17.7 Å². The quantitative estimate of drug-likeness (QED) is 0.400. The van der Waals surface area contributed by atoms with Crippen LogP contribution >= 0.6 is 0 Å². The molecule has 5 nitrogen and oxygen atoms in total. The molecule has 0 saturated carbocycles. The zero-order chi connectivity index (χ0) is 22.8. The Labute approximate surface area is 189 Å². The monoisotopic (exact) mass is 444 g/mol. The number of benzene rings is 4. The lowest BCUT2D eigenvalue weighted by molar-refractivity contribution is -0.0326. The number of carbonyl (C=O) groups is 2. The first-order valence-electron chi connectivity index (χ1n) is 10.7. The van der Waals surface area contributed by atoms with Crippen LogP contribution in [-0.4, -0.2) is 43.5 Å². The van der Waals surface area contributed by atoms with Gasteiger partial charge >= 0.3 is 11.9 Å². The summed E-state index contributed by atoms with van der Waals surface area (Å²) in [6.07, 6.45) is -3.54. The predicted octanol–water partition coefficient (Wildman–Crippen LogP) is 5.11. The van der Waals surface area contributed by atoms with E-state index >= 15 is 0 Å². The SMILES string of the molecule is O=C(OCC1OC[C@@H](F)[C@@H]1OC(=O)c1ccc2ccccc2c1)c1ccc2ccccc2c1. The topological polar surface area (TPSA) is 61.8 Å². The highest BCUT2D eigenvalue weighted by atomic mass is 19.1. The third-order valence-corrected chi connectivity index (χ3v) is 5.78. The first-order chi connectivity index (χ1) is 16.1. The predicted molar refractivity (Wildman–Crippen MR) is 122 cm³/mol. The van der Waals surface area contributed by atoms with Crippen molar-refractivity contribution >= 4 is 33.5 Å². The van der Waals surface area contributed by atoms with Crippen molar-refractivity contribution < 1.29 is 28.2 Å². The second-order valence-electron chi connectivity index (χ2n) is 7.98. The lowest BCUT2D eigenvalue weighted by atomic mass is 10.1. The second-order valence-corrected chi connectivity index (χ2v) is 7.98. The fourth-order valence-electron chi connectivity index (χ4n) is 4.00. The van der Waals surface area contributed by atoms with Gasteiger partial charge in [0.25, 0.3) is 0 Å². The highest BCUT2D eigenvalue weighted by Crippen LogP contribution is 2.24. The molecule has 166 valence electrons. The third-order valence-electron chi connectivity index (χ3n) is 5.78. The Balaban J connectivity index is 1.25. The van der Waals surface area contributed by atoms with Crippen LogP contribution in [0.2, 0.25) is 0 Å². The van der Waals surface area contributed by atoms with Crippen LogP contribution in [0, 0.1) is 0 Å². The van der Waals surface area contributed by atoms with Crippen molar-refractivity contribution in [2.75, 3.05) is 13.2 Å². The third kappa shape index (κ3) is 4.43. The molecule has 33 heavy (non-hydrogen) atoms. The number of hydrogen-bond acceptors (Lipinski definition) is 5. The Bertz CT molecular complexity index is 1330. The number of esters is 2. The number of fused-ring (bicyclic) bond motifs is 2. The molecule has 1 fully saturated rings. The zero-order valence-corrected chi connectivity index (χ0v) is 17.6. The van der Waals surface area contributed by atoms with Crippen LogP contribution in [0.15, 0.2) is 84.9 Å². The van der Waals surface area contributed by atoms with Crippen molar-refractivity contribution in [3.8, 4) is 0 Å². The molecule has 0 bridgehead atoms. The van der Waals surface area contributed by atoms with Crippen molar-refractivity contribution in [2.45, 2.75) is 18.4 Å². The minimum Gasteiger partial charge on any atom is -0.459 e. The van der Waals surface area contributed by atoms with Crippen LogP contribution in [0.5, 0.6) is 0 Å². The van der Waals surface area contributed by atoms with Gasteiger partial charge in [-0.05, 0) is 45.8 Å². The minimum atomic E-state index is -1.50. The Morgan fingerprint density at radius 1 is 0.788 bits per heavy atom. The van der Waals surface area contributed by atoms with Gasteiger partial charge in [-0.1, -0.05) is 60.7 Å². The summed E-state index contributed by atoms with van der Waals surface area (Å²) in [6.45, 7) is -0.449. The summed E-state index contributed by atoms with van der Waals surface area (Å²) in [5.74, 6) is -1.20. The Hall–Kier alpha value is -3.77. The normalized spacial score (nSPS) is 20.1. The van der Waals surface area contributed by atoms with E-state index in [-0.39, 0.29) is 13.2 Å². The summed E-state index contributed by atoms with van der Waals surface area (Å²) >= 11 is 0. The van der Waals surface area contributed by atoms with Crippen LogP contribution in [0.1, 0.15) is 20.7 Å². The minimum absolute atomic E-state index is 0.220. The van der Waals surface area contributed by atoms with Crippen LogP contribution < -0.4 is 0 Å². The number of hydrogen-bond donors (Lipinski definition) is 0. The highest BCUT2D eigenvalue weighted by Gasteiger charge is 2.41. The molecular formula is C27H21FO5. The lowest BCUT2D eigenvalue weighted by Crippen LogP contribution is -2.36. The van der Waals surface area contributed by atoms with Gasteiger partial charge in [-0.2, -0.15) is 0 Å². The molecular weight excluding hydrogens is 423 g/mol. The van der Waals surface area contributed by atoms with Crippen molar-refractivity contribution in [1.82, 2.24) is 0 Å². The van der Waals surface area contributed by atoms with Crippen LogP contribution in [0.4, 0.5) is 4.39 Å². The molecule has 0 aliphatic carbocycles. The number of halogens is 1. The molecule has 0 N–H and O–H groups in total. The maximum Gasteiger partial charge on any atom is 0.338 e. The van der Waals surface area contributed by atoms with E-state index in [0.717, 1.165) is 21.5 Å². The van der Waals surface area contributed by atoms with Gasteiger partial charge < -0.3 is 14.2 Å². The molecule has 1 aliphatic rings. The number of alkyl halides is 1. The Kier molecular flexibility index (Phi) is 5.75. The largest absolute Gasteiger partial charge is 0.459 e. The smallest absolute Gasteiger partial charge is 0.338 e. The molecule has 1 unspecified atom stereocenters. The molecule has 1 heterocycles. The summed E-state index contributed by atoms with van der Waals surface area (Å²) in [5.41, 5.74) is 0.702. The van der Waals surface area contributed by atoms with E-state index in [4.69, 9.17) is 14.2 Å². The highest BCUT2D eigenvalue weighted by molar-refractivity contribution is 5.96. The van der Waals surface area contributed by atoms with Gasteiger partial charge in [0.15, 0.2) is 12.3 Å². The average Bonchev–Trinajstić information content (AvgIpc) is 3.20. The maximum absolute atomic E-state index is 14.4. The number of carbonyl (C=O) groups excluding carboxylic acids is 2. The standard InChI is InChI=1S/C27H21FO5/c28-23-15-31-24(16-32-26(29)21-11-9-17-5-1-3-7-19(17)13-21)25(23)33-27(30)22-12-10-18-6-2-4-8-20(18)14-22/h1-14,23-25H,15-16H2/t23-,24?,25+/m1/s1. The van der Waals surface area contributed by atoms with Crippen LogP contribution in [0.25, 0.3) is 21.5 Å². The van der Waals surface area contributed by atoms with Crippen LogP contribution in [0.3, 0.4) is 0 Å². The molecule has 0 aromatic heterocycles. The fourth-order valence-corrected chi connectivity index (χ4v) is 4.00. The van der Waals surface area contributed by atoms with Gasteiger partial charge in [0.1, 0.15) is 12.7 Å². The molecule has 0 radical (unpaired) electrons. The summed E-state index contributed by atoms with van der Waals surface area (Å²) in [6, 6.07) is 25.7. The molecule has 1 aliphatic heterocycles. The second kappa shape index (κ2) is 9.00. The number of rotatable bonds is 5. The van der Waals surface area contributed by atoms with Gasteiger partial charge in [0, 0.05) is 0 Å².